The second-order valence-electron chi connectivity index (χ2n) is 8.01. The molecule has 3 rings (SSSR count). The van der Waals surface area contributed by atoms with Crippen molar-refractivity contribution in [2.24, 2.45) is 22.9 Å². The van der Waals surface area contributed by atoms with E-state index < -0.39 is 29.4 Å². The van der Waals surface area contributed by atoms with Crippen molar-refractivity contribution in [3.05, 3.63) is 35.4 Å². The van der Waals surface area contributed by atoms with Crippen molar-refractivity contribution >= 4 is 23.6 Å². The van der Waals surface area contributed by atoms with Crippen LogP contribution in [0.4, 0.5) is 0 Å². The van der Waals surface area contributed by atoms with Crippen LogP contribution in [0.15, 0.2) is 29.4 Å². The standard InChI is InChI=1S/C21H25NO6/c1-12(2)16-10-7-14(4)11-21(16)26-19(24)17(20(25)27-21)22-28-18(23)15-8-5-13(3)6-9-15/h5-6,8-9,12,14,16H,7,10-11H2,1-4H3/t14-,16+,21?/m1/s1. The molecule has 1 spiro atoms. The second kappa shape index (κ2) is 7.73. The highest BCUT2D eigenvalue weighted by molar-refractivity contribution is 6.63. The van der Waals surface area contributed by atoms with Crippen molar-refractivity contribution in [3.63, 3.8) is 0 Å². The Kier molecular flexibility index (Phi) is 5.54. The first-order valence-electron chi connectivity index (χ1n) is 9.54. The maximum Gasteiger partial charge on any atom is 0.371 e. The van der Waals surface area contributed by atoms with Crippen LogP contribution >= 0.6 is 0 Å². The molecule has 1 saturated carbocycles. The molecule has 2 atom stereocenters. The summed E-state index contributed by atoms with van der Waals surface area (Å²) in [7, 11) is 0. The monoisotopic (exact) mass is 387 g/mol. The number of carbonyl (C=O) groups excluding carboxylic acids is 3. The molecule has 1 saturated heterocycles. The third-order valence-electron chi connectivity index (χ3n) is 5.40. The first-order chi connectivity index (χ1) is 13.2. The van der Waals surface area contributed by atoms with Gasteiger partial charge in [-0.25, -0.2) is 14.4 Å². The largest absolute Gasteiger partial charge is 0.417 e. The molecule has 1 aromatic carbocycles. The lowest BCUT2D eigenvalue weighted by Gasteiger charge is -2.47. The highest BCUT2D eigenvalue weighted by Gasteiger charge is 2.55. The average molecular weight is 387 g/mol. The van der Waals surface area contributed by atoms with Gasteiger partial charge in [-0.05, 0) is 43.7 Å². The third-order valence-corrected chi connectivity index (χ3v) is 5.40. The topological polar surface area (TPSA) is 91.3 Å². The molecule has 28 heavy (non-hydrogen) atoms. The molecule has 1 aromatic rings. The van der Waals surface area contributed by atoms with Crippen molar-refractivity contribution in [3.8, 4) is 0 Å². The fraction of sp³-hybridized carbons (Fsp3) is 0.524. The predicted octanol–water partition coefficient (Wildman–Crippen LogP) is 3.40. The molecule has 1 aliphatic heterocycles. The minimum absolute atomic E-state index is 0.0896. The smallest absolute Gasteiger partial charge is 0.371 e. The number of esters is 2. The molecule has 1 aliphatic carbocycles. The normalized spacial score (nSPS) is 27.4. The van der Waals surface area contributed by atoms with E-state index in [2.05, 4.69) is 5.16 Å². The minimum atomic E-state index is -1.28. The Hall–Kier alpha value is -2.70. The van der Waals surface area contributed by atoms with E-state index in [9.17, 15) is 14.4 Å². The number of hydrogen-bond donors (Lipinski definition) is 0. The Balaban J connectivity index is 1.76. The Morgan fingerprint density at radius 3 is 2.32 bits per heavy atom. The molecule has 7 heteroatoms. The van der Waals surface area contributed by atoms with E-state index in [1.807, 2.05) is 27.7 Å². The van der Waals surface area contributed by atoms with E-state index in [1.54, 1.807) is 24.3 Å². The zero-order valence-electron chi connectivity index (χ0n) is 16.6. The van der Waals surface area contributed by atoms with E-state index in [0.717, 1.165) is 18.4 Å². The van der Waals surface area contributed by atoms with Crippen LogP contribution in [0.1, 0.15) is 56.0 Å². The van der Waals surface area contributed by atoms with Crippen LogP contribution in [-0.4, -0.2) is 29.4 Å². The SMILES string of the molecule is Cc1ccc(C(=O)ON=C2C(=O)OC3(C[C@H](C)CC[C@H]3C(C)C)OC2=O)cc1. The highest BCUT2D eigenvalue weighted by atomic mass is 16.8. The van der Waals surface area contributed by atoms with E-state index in [-0.39, 0.29) is 23.3 Å². The summed E-state index contributed by atoms with van der Waals surface area (Å²) in [5, 5.41) is 3.43. The first kappa shape index (κ1) is 20.0. The summed E-state index contributed by atoms with van der Waals surface area (Å²) >= 11 is 0. The van der Waals surface area contributed by atoms with Gasteiger partial charge >= 0.3 is 17.9 Å². The summed E-state index contributed by atoms with van der Waals surface area (Å²) in [6.45, 7) is 7.94. The summed E-state index contributed by atoms with van der Waals surface area (Å²) in [6.07, 6.45) is 2.23. The van der Waals surface area contributed by atoms with Crippen molar-refractivity contribution in [2.45, 2.75) is 52.7 Å². The molecule has 150 valence electrons. The number of aryl methyl sites for hydroxylation is 1. The Labute approximate surface area is 164 Å². The van der Waals surface area contributed by atoms with Crippen LogP contribution in [0.2, 0.25) is 0 Å². The summed E-state index contributed by atoms with van der Waals surface area (Å²) in [4.78, 5) is 41.8. The molecule has 7 nitrogen and oxygen atoms in total. The quantitative estimate of drug-likeness (QED) is 0.448. The average Bonchev–Trinajstić information content (AvgIpc) is 2.60. The second-order valence-corrected chi connectivity index (χ2v) is 8.01. The molecule has 0 N–H and O–H groups in total. The Morgan fingerprint density at radius 1 is 1.14 bits per heavy atom. The molecule has 2 fully saturated rings. The Bertz CT molecular complexity index is 791. The molecule has 2 aliphatic rings. The van der Waals surface area contributed by atoms with E-state index in [1.165, 1.54) is 0 Å². The van der Waals surface area contributed by atoms with Crippen molar-refractivity contribution in [1.29, 1.82) is 0 Å². The molecule has 0 aromatic heterocycles. The first-order valence-corrected chi connectivity index (χ1v) is 9.54. The molecular weight excluding hydrogens is 362 g/mol. The van der Waals surface area contributed by atoms with Crippen LogP contribution in [0.3, 0.4) is 0 Å². The zero-order chi connectivity index (χ0) is 20.5. The fourth-order valence-electron chi connectivity index (χ4n) is 3.92. The number of rotatable bonds is 3. The van der Waals surface area contributed by atoms with Gasteiger partial charge in [-0.15, -0.1) is 0 Å². The van der Waals surface area contributed by atoms with Crippen molar-refractivity contribution in [1.82, 2.24) is 0 Å². The molecular formula is C21H25NO6. The van der Waals surface area contributed by atoms with Gasteiger partial charge in [0.2, 0.25) is 0 Å². The van der Waals surface area contributed by atoms with Crippen LogP contribution in [0.25, 0.3) is 0 Å². The molecule has 0 amide bonds. The predicted molar refractivity (Wildman–Crippen MR) is 100 cm³/mol. The number of ether oxygens (including phenoxy) is 2. The number of benzene rings is 1. The van der Waals surface area contributed by atoms with Gasteiger partial charge in [-0.3, -0.25) is 0 Å². The lowest BCUT2D eigenvalue weighted by Crippen LogP contribution is -2.58. The lowest BCUT2D eigenvalue weighted by atomic mass is 9.72. The molecule has 1 heterocycles. The number of nitrogens with zero attached hydrogens (tertiary/aromatic N) is 1. The van der Waals surface area contributed by atoms with Crippen LogP contribution in [0, 0.1) is 24.7 Å². The maximum absolute atomic E-state index is 12.5. The van der Waals surface area contributed by atoms with Gasteiger partial charge in [0.15, 0.2) is 0 Å². The molecule has 0 bridgehead atoms. The fourth-order valence-corrected chi connectivity index (χ4v) is 3.92. The van der Waals surface area contributed by atoms with Gasteiger partial charge < -0.3 is 14.3 Å². The van der Waals surface area contributed by atoms with Crippen molar-refractivity contribution in [2.75, 3.05) is 0 Å². The Morgan fingerprint density at radius 2 is 1.75 bits per heavy atom. The summed E-state index contributed by atoms with van der Waals surface area (Å²) < 4.78 is 11.2. The van der Waals surface area contributed by atoms with Crippen molar-refractivity contribution < 1.29 is 28.7 Å². The summed E-state index contributed by atoms with van der Waals surface area (Å²) in [6, 6.07) is 6.63. The number of oxime groups is 1. The minimum Gasteiger partial charge on any atom is -0.417 e. The van der Waals surface area contributed by atoms with Gasteiger partial charge in [0, 0.05) is 12.3 Å². The van der Waals surface area contributed by atoms with Gasteiger partial charge in [0.05, 0.1) is 5.56 Å². The van der Waals surface area contributed by atoms with Crippen LogP contribution in [0.5, 0.6) is 0 Å². The van der Waals surface area contributed by atoms with Gasteiger partial charge in [0.1, 0.15) is 0 Å². The van der Waals surface area contributed by atoms with Crippen LogP contribution in [-0.2, 0) is 23.9 Å². The van der Waals surface area contributed by atoms with E-state index >= 15 is 0 Å². The highest BCUT2D eigenvalue weighted by Crippen LogP contribution is 2.45. The number of hydrogen-bond acceptors (Lipinski definition) is 7. The number of carbonyl (C=O) groups is 3. The van der Waals surface area contributed by atoms with Gasteiger partial charge in [-0.1, -0.05) is 43.6 Å². The summed E-state index contributed by atoms with van der Waals surface area (Å²) in [5.41, 5.74) is 0.575. The maximum atomic E-state index is 12.5. The van der Waals surface area contributed by atoms with E-state index in [4.69, 9.17) is 14.3 Å². The van der Waals surface area contributed by atoms with Gasteiger partial charge in [-0.2, -0.15) is 0 Å². The van der Waals surface area contributed by atoms with E-state index in [0.29, 0.717) is 6.42 Å². The summed E-state index contributed by atoms with van der Waals surface area (Å²) in [5.74, 6) is -3.56. The zero-order valence-corrected chi connectivity index (χ0v) is 16.6. The molecule has 0 unspecified atom stereocenters. The third kappa shape index (κ3) is 3.93. The molecule has 0 radical (unpaired) electrons. The van der Waals surface area contributed by atoms with Gasteiger partial charge in [0.25, 0.3) is 11.5 Å². The van der Waals surface area contributed by atoms with Crippen LogP contribution < -0.4 is 0 Å². The lowest BCUT2D eigenvalue weighted by molar-refractivity contribution is -0.268.